The first-order chi connectivity index (χ1) is 14.4. The minimum Gasteiger partial charge on any atom is -0.337 e. The summed E-state index contributed by atoms with van der Waals surface area (Å²) in [5.74, 6) is -0.0675. The first-order valence-corrected chi connectivity index (χ1v) is 13.0. The van der Waals surface area contributed by atoms with Gasteiger partial charge in [-0.3, -0.25) is 9.78 Å². The van der Waals surface area contributed by atoms with Crippen molar-refractivity contribution in [2.75, 3.05) is 12.3 Å². The van der Waals surface area contributed by atoms with E-state index < -0.39 is 14.6 Å². The molecule has 1 saturated carbocycles. The van der Waals surface area contributed by atoms with Gasteiger partial charge in [0, 0.05) is 36.4 Å². The molecule has 1 saturated heterocycles. The van der Waals surface area contributed by atoms with E-state index in [2.05, 4.69) is 20.9 Å². The van der Waals surface area contributed by atoms with Gasteiger partial charge < -0.3 is 4.90 Å². The maximum absolute atomic E-state index is 13.6. The Balaban J connectivity index is 1.64. The Labute approximate surface area is 186 Å². The zero-order valence-corrected chi connectivity index (χ0v) is 19.4. The van der Waals surface area contributed by atoms with Gasteiger partial charge in [0.25, 0.3) is 0 Å². The van der Waals surface area contributed by atoms with Crippen molar-refractivity contribution in [1.82, 2.24) is 9.88 Å². The first-order valence-electron chi connectivity index (χ1n) is 10.5. The van der Waals surface area contributed by atoms with Crippen molar-refractivity contribution in [2.24, 2.45) is 5.92 Å². The van der Waals surface area contributed by atoms with Crippen LogP contribution in [0, 0.1) is 5.92 Å². The molecule has 0 bridgehead atoms. The summed E-state index contributed by atoms with van der Waals surface area (Å²) >= 11 is 3.61. The molecule has 1 aliphatic heterocycles. The van der Waals surface area contributed by atoms with E-state index in [4.69, 9.17) is 0 Å². The molecule has 1 aromatic heterocycles. The Morgan fingerprint density at radius 1 is 1.17 bits per heavy atom. The minimum atomic E-state index is -3.42. The average Bonchev–Trinajstić information content (AvgIpc) is 2.82. The van der Waals surface area contributed by atoms with Gasteiger partial charge in [0.2, 0.25) is 5.91 Å². The third-order valence-corrected chi connectivity index (χ3v) is 10.1. The van der Waals surface area contributed by atoms with Crippen molar-refractivity contribution in [1.29, 1.82) is 0 Å². The minimum absolute atomic E-state index is 0.0332. The van der Waals surface area contributed by atoms with E-state index in [-0.39, 0.29) is 30.5 Å². The number of carbonyl (C=O) groups excluding carboxylic acids is 1. The largest absolute Gasteiger partial charge is 0.337 e. The van der Waals surface area contributed by atoms with Crippen LogP contribution in [0.1, 0.15) is 43.2 Å². The van der Waals surface area contributed by atoms with E-state index in [9.17, 15) is 13.2 Å². The van der Waals surface area contributed by atoms with Crippen LogP contribution >= 0.6 is 15.9 Å². The molecule has 2 aromatic rings. The molecule has 4 rings (SSSR count). The third kappa shape index (κ3) is 4.19. The molecule has 2 fully saturated rings. The monoisotopic (exact) mass is 490 g/mol. The number of nitrogens with zero attached hydrogens (tertiary/aromatic N) is 2. The van der Waals surface area contributed by atoms with E-state index in [0.29, 0.717) is 19.4 Å². The zero-order valence-electron chi connectivity index (χ0n) is 17.0. The number of amides is 1. The van der Waals surface area contributed by atoms with Gasteiger partial charge in [-0.15, -0.1) is 0 Å². The highest BCUT2D eigenvalue weighted by atomic mass is 79.9. The molecular formula is C23H27BrN2O3S. The summed E-state index contributed by atoms with van der Waals surface area (Å²) < 4.78 is 27.3. The predicted octanol–water partition coefficient (Wildman–Crippen LogP) is 4.16. The lowest BCUT2D eigenvalue weighted by Gasteiger charge is -2.42. The maximum Gasteiger partial charge on any atom is 0.224 e. The van der Waals surface area contributed by atoms with Crippen LogP contribution < -0.4 is 0 Å². The summed E-state index contributed by atoms with van der Waals surface area (Å²) in [4.78, 5) is 19.1. The molecule has 1 spiro atoms. The molecule has 30 heavy (non-hydrogen) atoms. The van der Waals surface area contributed by atoms with Crippen molar-refractivity contribution >= 4 is 31.7 Å². The van der Waals surface area contributed by atoms with Gasteiger partial charge in [0.1, 0.15) is 0 Å². The molecule has 5 nitrogen and oxygen atoms in total. The van der Waals surface area contributed by atoms with Gasteiger partial charge in [-0.25, -0.2) is 8.42 Å². The van der Waals surface area contributed by atoms with Crippen LogP contribution in [-0.4, -0.2) is 41.3 Å². The Hall–Kier alpha value is -1.73. The highest BCUT2D eigenvalue weighted by Gasteiger charge is 2.53. The van der Waals surface area contributed by atoms with Crippen LogP contribution in [0.25, 0.3) is 0 Å². The summed E-state index contributed by atoms with van der Waals surface area (Å²) in [6.07, 6.45) is 7.50. The fraction of sp³-hybridized carbons (Fsp3) is 0.478. The molecule has 7 heteroatoms. The van der Waals surface area contributed by atoms with Crippen LogP contribution in [0.5, 0.6) is 0 Å². The third-order valence-electron chi connectivity index (χ3n) is 6.72. The molecule has 2 aliphatic rings. The summed E-state index contributed by atoms with van der Waals surface area (Å²) in [6, 6.07) is 11.8. The lowest BCUT2D eigenvalue weighted by Crippen LogP contribution is -2.50. The number of benzene rings is 1. The van der Waals surface area contributed by atoms with E-state index in [1.165, 1.54) is 0 Å². The molecule has 0 N–H and O–H groups in total. The van der Waals surface area contributed by atoms with Crippen LogP contribution in [0.2, 0.25) is 0 Å². The molecule has 2 unspecified atom stereocenters. The molecule has 1 aromatic carbocycles. The van der Waals surface area contributed by atoms with Gasteiger partial charge in [0.15, 0.2) is 9.84 Å². The lowest BCUT2D eigenvalue weighted by molar-refractivity contribution is -0.132. The van der Waals surface area contributed by atoms with E-state index in [0.717, 1.165) is 34.9 Å². The molecule has 2 atom stereocenters. The molecule has 1 amide bonds. The predicted molar refractivity (Wildman–Crippen MR) is 121 cm³/mol. The highest BCUT2D eigenvalue weighted by molar-refractivity contribution is 9.10. The lowest BCUT2D eigenvalue weighted by atomic mass is 9.73. The summed E-state index contributed by atoms with van der Waals surface area (Å²) in [5.41, 5.74) is 2.04. The molecule has 2 heterocycles. The van der Waals surface area contributed by atoms with Crippen LogP contribution in [0.15, 0.2) is 53.3 Å². The maximum atomic E-state index is 13.6. The van der Waals surface area contributed by atoms with E-state index >= 15 is 0 Å². The van der Waals surface area contributed by atoms with Crippen LogP contribution in [-0.2, 0) is 27.6 Å². The number of hydrogen-bond donors (Lipinski definition) is 0. The highest BCUT2D eigenvalue weighted by Crippen LogP contribution is 2.46. The number of hydrogen-bond acceptors (Lipinski definition) is 4. The Kier molecular flexibility index (Phi) is 6.30. The van der Waals surface area contributed by atoms with Gasteiger partial charge in [-0.2, -0.15) is 0 Å². The summed E-state index contributed by atoms with van der Waals surface area (Å²) in [6.45, 7) is 0.659. The second kappa shape index (κ2) is 8.79. The number of rotatable bonds is 4. The molecule has 1 aliphatic carbocycles. The van der Waals surface area contributed by atoms with E-state index in [1.54, 1.807) is 17.3 Å². The van der Waals surface area contributed by atoms with Crippen molar-refractivity contribution < 1.29 is 13.2 Å². The molecular weight excluding hydrogens is 464 g/mol. The molecule has 160 valence electrons. The first kappa shape index (κ1) is 21.5. The quantitative estimate of drug-likeness (QED) is 0.644. The normalized spacial score (nSPS) is 26.5. The van der Waals surface area contributed by atoms with Gasteiger partial charge in [-0.05, 0) is 48.4 Å². The Morgan fingerprint density at radius 2 is 2.00 bits per heavy atom. The number of aromatic nitrogens is 1. The standard InChI is InChI=1S/C23H27BrN2O3S/c24-21-9-2-1-7-19(21)14-20-8-3-4-10-23(20)15-22(27)26(12-13-30(23,28)29)17-18-6-5-11-25-16-18/h1-2,5-7,9,11,16,20H,3-4,8,10,12-15,17H2. The fourth-order valence-electron chi connectivity index (χ4n) is 5.06. The van der Waals surface area contributed by atoms with Crippen molar-refractivity contribution in [3.8, 4) is 0 Å². The van der Waals surface area contributed by atoms with Crippen LogP contribution in [0.3, 0.4) is 0 Å². The van der Waals surface area contributed by atoms with Crippen molar-refractivity contribution in [3.63, 3.8) is 0 Å². The second-order valence-electron chi connectivity index (χ2n) is 8.48. The van der Waals surface area contributed by atoms with Gasteiger partial charge >= 0.3 is 0 Å². The van der Waals surface area contributed by atoms with E-state index in [1.807, 2.05) is 36.4 Å². The average molecular weight is 491 g/mol. The summed E-state index contributed by atoms with van der Waals surface area (Å²) in [7, 11) is -3.42. The number of carbonyl (C=O) groups is 1. The number of pyridine rings is 1. The number of sulfone groups is 1. The Bertz CT molecular complexity index is 1010. The van der Waals surface area contributed by atoms with Crippen molar-refractivity contribution in [2.45, 2.75) is 49.8 Å². The van der Waals surface area contributed by atoms with Gasteiger partial charge in [-0.1, -0.05) is 53.0 Å². The summed E-state index contributed by atoms with van der Waals surface area (Å²) in [5, 5.41) is 0. The van der Waals surface area contributed by atoms with Crippen molar-refractivity contribution in [3.05, 3.63) is 64.4 Å². The van der Waals surface area contributed by atoms with Crippen LogP contribution in [0.4, 0.5) is 0 Å². The fourth-order valence-corrected chi connectivity index (χ4v) is 7.88. The van der Waals surface area contributed by atoms with Gasteiger partial charge in [0.05, 0.1) is 10.5 Å². The number of halogens is 1. The SMILES string of the molecule is O=C1CC2(CCCCC2Cc2ccccc2Br)S(=O)(=O)CCN1Cc1cccnc1. The zero-order chi connectivity index (χ0) is 21.2. The Morgan fingerprint density at radius 3 is 2.77 bits per heavy atom. The topological polar surface area (TPSA) is 67.3 Å². The molecule has 0 radical (unpaired) electrons. The second-order valence-corrected chi connectivity index (χ2v) is 11.8. The smallest absolute Gasteiger partial charge is 0.224 e.